The van der Waals surface area contributed by atoms with Crippen molar-refractivity contribution in [3.05, 3.63) is 70.0 Å². The molecule has 0 aliphatic rings. The highest BCUT2D eigenvalue weighted by Crippen LogP contribution is 2.36. The van der Waals surface area contributed by atoms with E-state index in [1.807, 2.05) is 0 Å². The number of aliphatic hydroxyl groups excluding tert-OH is 1. The van der Waals surface area contributed by atoms with Crippen molar-refractivity contribution in [2.75, 3.05) is 6.54 Å². The Labute approximate surface area is 125 Å². The molecule has 0 aliphatic carbocycles. The molecule has 0 amide bonds. The Morgan fingerprint density at radius 3 is 2.38 bits per heavy atom. The highest BCUT2D eigenvalue weighted by atomic mass is 35.5. The maximum absolute atomic E-state index is 13.9. The lowest BCUT2D eigenvalue weighted by Gasteiger charge is -2.24. The fraction of sp³-hybridized carbons (Fsp3) is 0.200. The fourth-order valence-corrected chi connectivity index (χ4v) is 2.53. The van der Waals surface area contributed by atoms with Crippen LogP contribution < -0.4 is 5.73 Å². The molecule has 2 atom stereocenters. The molecule has 0 fully saturated rings. The topological polar surface area (TPSA) is 46.2 Å². The second-order valence-electron chi connectivity index (χ2n) is 4.59. The second-order valence-corrected chi connectivity index (χ2v) is 5.00. The van der Waals surface area contributed by atoms with Crippen LogP contribution in [-0.4, -0.2) is 11.7 Å². The quantitative estimate of drug-likeness (QED) is 0.906. The van der Waals surface area contributed by atoms with Gasteiger partial charge < -0.3 is 10.8 Å². The second kappa shape index (κ2) is 6.47. The number of hydrogen-bond donors (Lipinski definition) is 2. The van der Waals surface area contributed by atoms with E-state index in [0.717, 1.165) is 12.1 Å². The Hall–Kier alpha value is -1.56. The summed E-state index contributed by atoms with van der Waals surface area (Å²) in [6.07, 6.45) is -1.44. The minimum atomic E-state index is -1.44. The van der Waals surface area contributed by atoms with E-state index >= 15 is 0 Å². The van der Waals surface area contributed by atoms with Gasteiger partial charge in [0.15, 0.2) is 0 Å². The number of benzene rings is 2. The summed E-state index contributed by atoms with van der Waals surface area (Å²) in [4.78, 5) is 0. The summed E-state index contributed by atoms with van der Waals surface area (Å²) >= 11 is 5.94. The zero-order valence-electron chi connectivity index (χ0n) is 10.9. The first kappa shape index (κ1) is 15.8. The van der Waals surface area contributed by atoms with Crippen LogP contribution in [0.5, 0.6) is 0 Å². The minimum Gasteiger partial charge on any atom is -0.388 e. The van der Waals surface area contributed by atoms with Crippen molar-refractivity contribution in [2.45, 2.75) is 12.0 Å². The van der Waals surface area contributed by atoms with Crippen molar-refractivity contribution in [2.24, 2.45) is 5.73 Å². The Morgan fingerprint density at radius 2 is 1.81 bits per heavy atom. The van der Waals surface area contributed by atoms with Crippen LogP contribution in [0.1, 0.15) is 23.1 Å². The highest BCUT2D eigenvalue weighted by molar-refractivity contribution is 6.31. The number of aliphatic hydroxyl groups is 1. The number of nitrogens with two attached hydrogens (primary N) is 1. The molecule has 0 heterocycles. The Bertz CT molecular complexity index is 631. The Morgan fingerprint density at radius 1 is 1.10 bits per heavy atom. The van der Waals surface area contributed by atoms with E-state index in [1.54, 1.807) is 0 Å². The molecule has 0 radical (unpaired) electrons. The molecule has 2 nitrogen and oxygen atoms in total. The van der Waals surface area contributed by atoms with Crippen molar-refractivity contribution in [3.63, 3.8) is 0 Å². The first-order chi connectivity index (χ1) is 9.95. The molecule has 2 aromatic rings. The van der Waals surface area contributed by atoms with Gasteiger partial charge in [0.25, 0.3) is 0 Å². The van der Waals surface area contributed by atoms with Gasteiger partial charge in [0, 0.05) is 34.7 Å². The van der Waals surface area contributed by atoms with Crippen LogP contribution in [-0.2, 0) is 0 Å². The first-order valence-electron chi connectivity index (χ1n) is 6.22. The van der Waals surface area contributed by atoms with E-state index in [9.17, 15) is 18.3 Å². The third kappa shape index (κ3) is 3.20. The van der Waals surface area contributed by atoms with Gasteiger partial charge in [-0.1, -0.05) is 23.7 Å². The molecule has 0 saturated carbocycles. The maximum Gasteiger partial charge on any atom is 0.131 e. The normalized spacial score (nSPS) is 14.0. The molecule has 0 bridgehead atoms. The van der Waals surface area contributed by atoms with Gasteiger partial charge >= 0.3 is 0 Å². The number of hydrogen-bond acceptors (Lipinski definition) is 2. The molecule has 6 heteroatoms. The lowest BCUT2D eigenvalue weighted by atomic mass is 9.88. The molecule has 0 aromatic heterocycles. The van der Waals surface area contributed by atoms with E-state index in [1.165, 1.54) is 18.2 Å². The van der Waals surface area contributed by atoms with Crippen LogP contribution in [0.2, 0.25) is 5.02 Å². The summed E-state index contributed by atoms with van der Waals surface area (Å²) < 4.78 is 40.6. The summed E-state index contributed by atoms with van der Waals surface area (Å²) in [5.74, 6) is -3.27. The average molecular weight is 316 g/mol. The summed E-state index contributed by atoms with van der Waals surface area (Å²) in [7, 11) is 0. The Kier molecular flexibility index (Phi) is 4.88. The first-order valence-corrected chi connectivity index (χ1v) is 6.60. The SMILES string of the molecule is NCC(c1c(F)cccc1Cl)C(O)c1ccc(F)cc1F. The summed E-state index contributed by atoms with van der Waals surface area (Å²) in [5.41, 5.74) is 5.43. The van der Waals surface area contributed by atoms with Crippen LogP contribution >= 0.6 is 11.6 Å². The van der Waals surface area contributed by atoms with Crippen molar-refractivity contribution in [1.82, 2.24) is 0 Å². The van der Waals surface area contributed by atoms with Crippen molar-refractivity contribution < 1.29 is 18.3 Å². The number of halogens is 4. The molecular formula is C15H13ClF3NO. The zero-order valence-corrected chi connectivity index (χ0v) is 11.6. The summed E-state index contributed by atoms with van der Waals surface area (Å²) in [6.45, 7) is -0.154. The van der Waals surface area contributed by atoms with Crippen LogP contribution in [0.25, 0.3) is 0 Å². The monoisotopic (exact) mass is 315 g/mol. The third-order valence-electron chi connectivity index (χ3n) is 3.29. The van der Waals surface area contributed by atoms with E-state index < -0.39 is 29.5 Å². The van der Waals surface area contributed by atoms with Gasteiger partial charge in [-0.2, -0.15) is 0 Å². The molecule has 2 rings (SSSR count). The van der Waals surface area contributed by atoms with Gasteiger partial charge in [0.2, 0.25) is 0 Å². The number of rotatable bonds is 4. The van der Waals surface area contributed by atoms with Crippen LogP contribution in [0.3, 0.4) is 0 Å². The standard InChI is InChI=1S/C15H13ClF3NO/c16-11-2-1-3-12(18)14(11)10(7-20)15(21)9-5-4-8(17)6-13(9)19/h1-6,10,15,21H,7,20H2. The predicted octanol–water partition coefficient (Wildman–Crippen LogP) is 3.53. The van der Waals surface area contributed by atoms with Crippen molar-refractivity contribution >= 4 is 11.6 Å². The van der Waals surface area contributed by atoms with Crippen molar-refractivity contribution in [3.8, 4) is 0 Å². The molecular weight excluding hydrogens is 303 g/mol. The van der Waals surface area contributed by atoms with E-state index in [-0.39, 0.29) is 22.7 Å². The fourth-order valence-electron chi connectivity index (χ4n) is 2.23. The average Bonchev–Trinajstić information content (AvgIpc) is 2.42. The van der Waals surface area contributed by atoms with Gasteiger partial charge in [0.05, 0.1) is 6.10 Å². The van der Waals surface area contributed by atoms with Crippen LogP contribution in [0.15, 0.2) is 36.4 Å². The molecule has 2 unspecified atom stereocenters. The van der Waals surface area contributed by atoms with Gasteiger partial charge in [-0.3, -0.25) is 0 Å². The lowest BCUT2D eigenvalue weighted by Crippen LogP contribution is -2.22. The van der Waals surface area contributed by atoms with Crippen LogP contribution in [0, 0.1) is 17.5 Å². The van der Waals surface area contributed by atoms with Gasteiger partial charge in [-0.25, -0.2) is 13.2 Å². The lowest BCUT2D eigenvalue weighted by molar-refractivity contribution is 0.141. The van der Waals surface area contributed by atoms with E-state index in [4.69, 9.17) is 17.3 Å². The largest absolute Gasteiger partial charge is 0.388 e. The zero-order chi connectivity index (χ0) is 15.6. The molecule has 21 heavy (non-hydrogen) atoms. The molecule has 0 spiro atoms. The molecule has 112 valence electrons. The maximum atomic E-state index is 13.9. The summed E-state index contributed by atoms with van der Waals surface area (Å²) in [5, 5.41) is 10.4. The highest BCUT2D eigenvalue weighted by Gasteiger charge is 2.28. The third-order valence-corrected chi connectivity index (χ3v) is 3.62. The summed E-state index contributed by atoms with van der Waals surface area (Å²) in [6, 6.07) is 6.81. The predicted molar refractivity (Wildman–Crippen MR) is 74.5 cm³/mol. The molecule has 2 aromatic carbocycles. The van der Waals surface area contributed by atoms with Gasteiger partial charge in [-0.15, -0.1) is 0 Å². The van der Waals surface area contributed by atoms with E-state index in [2.05, 4.69) is 0 Å². The smallest absolute Gasteiger partial charge is 0.131 e. The van der Waals surface area contributed by atoms with Gasteiger partial charge in [-0.05, 0) is 18.2 Å². The molecule has 0 saturated heterocycles. The van der Waals surface area contributed by atoms with Gasteiger partial charge in [0.1, 0.15) is 17.5 Å². The van der Waals surface area contributed by atoms with Crippen molar-refractivity contribution in [1.29, 1.82) is 0 Å². The van der Waals surface area contributed by atoms with E-state index in [0.29, 0.717) is 6.07 Å². The van der Waals surface area contributed by atoms with Crippen LogP contribution in [0.4, 0.5) is 13.2 Å². The molecule has 0 aliphatic heterocycles. The Balaban J connectivity index is 2.46. The molecule has 3 N–H and O–H groups in total. The minimum absolute atomic E-state index is 0.0119.